The van der Waals surface area contributed by atoms with Crippen LogP contribution in [0.25, 0.3) is 0 Å². The standard InChI is InChI=1S/C6H14N2/c1-2-6-5(7)3-4-8-6/h5-6,8H,2-4,7H2,1H3/t5-,6-/m1/s1. The molecule has 0 unspecified atom stereocenters. The number of hydrogen-bond acceptors (Lipinski definition) is 2. The number of rotatable bonds is 1. The molecule has 1 saturated heterocycles. The predicted octanol–water partition coefficient (Wildman–Crippen LogP) is 0.0856. The Morgan fingerprint density at radius 1 is 1.75 bits per heavy atom. The van der Waals surface area contributed by atoms with Crippen molar-refractivity contribution in [2.75, 3.05) is 6.54 Å². The molecule has 2 atom stereocenters. The Bertz CT molecular complexity index is 72.9. The molecule has 8 heavy (non-hydrogen) atoms. The highest BCUT2D eigenvalue weighted by atomic mass is 15.0. The molecular formula is C6H14N2. The van der Waals surface area contributed by atoms with Crippen LogP contribution in [-0.4, -0.2) is 18.6 Å². The highest BCUT2D eigenvalue weighted by molar-refractivity contribution is 4.84. The van der Waals surface area contributed by atoms with Gasteiger partial charge in [0.15, 0.2) is 0 Å². The Morgan fingerprint density at radius 3 is 2.75 bits per heavy atom. The lowest BCUT2D eigenvalue weighted by Gasteiger charge is -2.11. The van der Waals surface area contributed by atoms with Crippen LogP contribution in [-0.2, 0) is 0 Å². The third kappa shape index (κ3) is 1.01. The quantitative estimate of drug-likeness (QED) is 0.507. The lowest BCUT2D eigenvalue weighted by atomic mass is 10.1. The second kappa shape index (κ2) is 2.46. The fraction of sp³-hybridized carbons (Fsp3) is 1.00. The van der Waals surface area contributed by atoms with E-state index in [9.17, 15) is 0 Å². The van der Waals surface area contributed by atoms with Gasteiger partial charge in [-0.05, 0) is 19.4 Å². The smallest absolute Gasteiger partial charge is 0.0216 e. The van der Waals surface area contributed by atoms with Gasteiger partial charge in [-0.1, -0.05) is 6.92 Å². The van der Waals surface area contributed by atoms with Crippen molar-refractivity contribution in [2.24, 2.45) is 5.73 Å². The molecule has 0 spiro atoms. The van der Waals surface area contributed by atoms with E-state index >= 15 is 0 Å². The van der Waals surface area contributed by atoms with Crippen LogP contribution in [0.2, 0.25) is 0 Å². The van der Waals surface area contributed by atoms with Gasteiger partial charge in [-0.15, -0.1) is 0 Å². The first-order chi connectivity index (χ1) is 3.84. The summed E-state index contributed by atoms with van der Waals surface area (Å²) in [6.07, 6.45) is 2.32. The SMILES string of the molecule is CC[C@H]1NCC[C@H]1N. The fourth-order valence-corrected chi connectivity index (χ4v) is 1.24. The van der Waals surface area contributed by atoms with Gasteiger partial charge in [-0.25, -0.2) is 0 Å². The van der Waals surface area contributed by atoms with Gasteiger partial charge in [-0.2, -0.15) is 0 Å². The highest BCUT2D eigenvalue weighted by Crippen LogP contribution is 2.06. The molecule has 0 radical (unpaired) electrons. The number of nitrogens with one attached hydrogen (secondary N) is 1. The molecule has 1 rings (SSSR count). The molecule has 48 valence electrons. The summed E-state index contributed by atoms with van der Waals surface area (Å²) in [7, 11) is 0. The molecular weight excluding hydrogens is 100 g/mol. The first-order valence-corrected chi connectivity index (χ1v) is 3.33. The van der Waals surface area contributed by atoms with Gasteiger partial charge in [0.25, 0.3) is 0 Å². The zero-order valence-electron chi connectivity index (χ0n) is 5.35. The van der Waals surface area contributed by atoms with Gasteiger partial charge in [0, 0.05) is 12.1 Å². The molecule has 0 aromatic carbocycles. The van der Waals surface area contributed by atoms with Crippen LogP contribution in [0.3, 0.4) is 0 Å². The van der Waals surface area contributed by atoms with E-state index in [4.69, 9.17) is 5.73 Å². The Labute approximate surface area is 50.4 Å². The summed E-state index contributed by atoms with van der Waals surface area (Å²) in [5.74, 6) is 0. The Morgan fingerprint density at radius 2 is 2.50 bits per heavy atom. The molecule has 2 heteroatoms. The molecule has 0 amide bonds. The van der Waals surface area contributed by atoms with E-state index in [2.05, 4.69) is 12.2 Å². The fourth-order valence-electron chi connectivity index (χ4n) is 1.24. The van der Waals surface area contributed by atoms with Crippen LogP contribution in [0.5, 0.6) is 0 Å². The van der Waals surface area contributed by atoms with Gasteiger partial charge in [0.2, 0.25) is 0 Å². The van der Waals surface area contributed by atoms with E-state index in [-0.39, 0.29) is 0 Å². The van der Waals surface area contributed by atoms with Crippen LogP contribution in [0.4, 0.5) is 0 Å². The topological polar surface area (TPSA) is 38.0 Å². The summed E-state index contributed by atoms with van der Waals surface area (Å²) in [5, 5.41) is 3.33. The van der Waals surface area contributed by atoms with Crippen molar-refractivity contribution in [1.82, 2.24) is 5.32 Å². The molecule has 1 heterocycles. The molecule has 0 saturated carbocycles. The second-order valence-corrected chi connectivity index (χ2v) is 2.42. The van der Waals surface area contributed by atoms with E-state index in [1.807, 2.05) is 0 Å². The molecule has 1 aliphatic rings. The molecule has 0 bridgehead atoms. The molecule has 0 aromatic heterocycles. The van der Waals surface area contributed by atoms with Gasteiger partial charge < -0.3 is 11.1 Å². The summed E-state index contributed by atoms with van der Waals surface area (Å²) in [5.41, 5.74) is 5.73. The molecule has 0 aromatic rings. The first-order valence-electron chi connectivity index (χ1n) is 3.33. The second-order valence-electron chi connectivity index (χ2n) is 2.42. The highest BCUT2D eigenvalue weighted by Gasteiger charge is 2.20. The van der Waals surface area contributed by atoms with Crippen molar-refractivity contribution >= 4 is 0 Å². The Kier molecular flexibility index (Phi) is 1.86. The maximum Gasteiger partial charge on any atom is 0.0216 e. The summed E-state index contributed by atoms with van der Waals surface area (Å²) in [6, 6.07) is 1.01. The Balaban J connectivity index is 2.30. The van der Waals surface area contributed by atoms with Crippen molar-refractivity contribution in [1.29, 1.82) is 0 Å². The molecule has 0 aliphatic carbocycles. The monoisotopic (exact) mass is 114 g/mol. The van der Waals surface area contributed by atoms with Crippen molar-refractivity contribution in [3.63, 3.8) is 0 Å². The average molecular weight is 114 g/mol. The molecule has 2 nitrogen and oxygen atoms in total. The van der Waals surface area contributed by atoms with Crippen molar-refractivity contribution in [3.8, 4) is 0 Å². The summed E-state index contributed by atoms with van der Waals surface area (Å²) < 4.78 is 0. The third-order valence-corrected chi connectivity index (χ3v) is 1.84. The lowest BCUT2D eigenvalue weighted by Crippen LogP contribution is -2.35. The van der Waals surface area contributed by atoms with E-state index in [1.54, 1.807) is 0 Å². The average Bonchev–Trinajstić information content (AvgIpc) is 2.14. The predicted molar refractivity (Wildman–Crippen MR) is 34.7 cm³/mol. The van der Waals surface area contributed by atoms with E-state index in [0.29, 0.717) is 12.1 Å². The zero-order valence-corrected chi connectivity index (χ0v) is 5.35. The van der Waals surface area contributed by atoms with Crippen molar-refractivity contribution < 1.29 is 0 Å². The van der Waals surface area contributed by atoms with Crippen molar-refractivity contribution in [3.05, 3.63) is 0 Å². The van der Waals surface area contributed by atoms with Crippen LogP contribution in [0.15, 0.2) is 0 Å². The van der Waals surface area contributed by atoms with E-state index in [0.717, 1.165) is 13.0 Å². The maximum absolute atomic E-state index is 5.73. The first kappa shape index (κ1) is 6.05. The largest absolute Gasteiger partial charge is 0.326 e. The van der Waals surface area contributed by atoms with E-state index in [1.165, 1.54) is 6.42 Å². The van der Waals surface area contributed by atoms with Crippen LogP contribution in [0.1, 0.15) is 19.8 Å². The normalized spacial score (nSPS) is 38.2. The van der Waals surface area contributed by atoms with Gasteiger partial charge >= 0.3 is 0 Å². The minimum Gasteiger partial charge on any atom is -0.326 e. The zero-order chi connectivity index (χ0) is 5.98. The number of nitrogens with two attached hydrogens (primary N) is 1. The lowest BCUT2D eigenvalue weighted by molar-refractivity contribution is 0.527. The van der Waals surface area contributed by atoms with Crippen LogP contribution < -0.4 is 11.1 Å². The molecule has 3 N–H and O–H groups in total. The Hall–Kier alpha value is -0.0800. The minimum atomic E-state index is 0.417. The molecule has 1 fully saturated rings. The van der Waals surface area contributed by atoms with Gasteiger partial charge in [0.05, 0.1) is 0 Å². The van der Waals surface area contributed by atoms with Gasteiger partial charge in [-0.3, -0.25) is 0 Å². The maximum atomic E-state index is 5.73. The third-order valence-electron chi connectivity index (χ3n) is 1.84. The summed E-state index contributed by atoms with van der Waals surface area (Å²) in [6.45, 7) is 3.28. The van der Waals surface area contributed by atoms with Crippen molar-refractivity contribution in [2.45, 2.75) is 31.8 Å². The minimum absolute atomic E-state index is 0.417. The summed E-state index contributed by atoms with van der Waals surface area (Å²) in [4.78, 5) is 0. The van der Waals surface area contributed by atoms with Gasteiger partial charge in [0.1, 0.15) is 0 Å². The molecule has 1 aliphatic heterocycles. The van der Waals surface area contributed by atoms with Crippen LogP contribution >= 0.6 is 0 Å². The number of hydrogen-bond donors (Lipinski definition) is 2. The van der Waals surface area contributed by atoms with Crippen LogP contribution in [0, 0.1) is 0 Å². The summed E-state index contributed by atoms with van der Waals surface area (Å²) >= 11 is 0. The van der Waals surface area contributed by atoms with E-state index < -0.39 is 0 Å².